The van der Waals surface area contributed by atoms with Crippen LogP contribution in [0.3, 0.4) is 0 Å². The van der Waals surface area contributed by atoms with Gasteiger partial charge in [-0.3, -0.25) is 38.3 Å². The van der Waals surface area contributed by atoms with Crippen LogP contribution in [-0.2, 0) is 54.6 Å². The fourth-order valence-corrected chi connectivity index (χ4v) is 5.53. The molecule has 0 saturated carbocycles. The molecular formula is C25H34N2O19P2. The highest BCUT2D eigenvalue weighted by Crippen LogP contribution is 2.52. The van der Waals surface area contributed by atoms with Crippen molar-refractivity contribution in [1.29, 1.82) is 0 Å². The Kier molecular flexibility index (Phi) is 13.2. The van der Waals surface area contributed by atoms with E-state index in [0.717, 1.165) is 26.4 Å². The van der Waals surface area contributed by atoms with Crippen LogP contribution in [0.1, 0.15) is 17.5 Å². The third-order valence-corrected chi connectivity index (χ3v) is 8.74. The monoisotopic (exact) mass is 728 g/mol. The van der Waals surface area contributed by atoms with Gasteiger partial charge in [0.05, 0.1) is 74.8 Å². The maximum absolute atomic E-state index is 12.6. The summed E-state index contributed by atoms with van der Waals surface area (Å²) in [6.07, 6.45) is -3.63. The largest absolute Gasteiger partial charge is 0.493 e. The molecule has 1 aliphatic heterocycles. The van der Waals surface area contributed by atoms with Gasteiger partial charge in [0, 0.05) is 20.6 Å². The Morgan fingerprint density at radius 3 is 1.69 bits per heavy atom. The molecule has 0 aliphatic carbocycles. The van der Waals surface area contributed by atoms with Crippen LogP contribution in [-0.4, -0.2) is 87.1 Å². The molecule has 0 bridgehead atoms. The molecule has 5 atom stereocenters. The summed E-state index contributed by atoms with van der Waals surface area (Å²) in [7, 11) is -2.77. The van der Waals surface area contributed by atoms with E-state index in [2.05, 4.69) is 9.05 Å². The molecule has 268 valence electrons. The molecule has 0 radical (unpaired) electrons. The number of phosphoric ester groups is 2. The maximum atomic E-state index is 12.6. The number of hydrogen-bond acceptors (Lipinski definition) is 17. The van der Waals surface area contributed by atoms with E-state index in [1.807, 2.05) is 0 Å². The van der Waals surface area contributed by atoms with Crippen molar-refractivity contribution in [2.75, 3.05) is 49.3 Å². The summed E-state index contributed by atoms with van der Waals surface area (Å²) in [5.74, 6) is -2.13. The van der Waals surface area contributed by atoms with Crippen molar-refractivity contribution in [3.63, 3.8) is 0 Å². The minimum Gasteiger partial charge on any atom is -0.493 e. The third-order valence-electron chi connectivity index (χ3n) is 6.84. The Labute approximate surface area is 272 Å². The van der Waals surface area contributed by atoms with Gasteiger partial charge in [0.25, 0.3) is 11.4 Å². The fourth-order valence-electron chi connectivity index (χ4n) is 4.42. The van der Waals surface area contributed by atoms with Crippen molar-refractivity contribution in [3.05, 3.63) is 55.6 Å². The van der Waals surface area contributed by atoms with Gasteiger partial charge in [-0.15, -0.1) is 0 Å². The van der Waals surface area contributed by atoms with E-state index in [1.165, 1.54) is 40.6 Å². The second-order valence-electron chi connectivity index (χ2n) is 9.55. The van der Waals surface area contributed by atoms with Gasteiger partial charge in [-0.1, -0.05) is 0 Å². The molecule has 2 aromatic rings. The first kappa shape index (κ1) is 39.0. The van der Waals surface area contributed by atoms with Crippen molar-refractivity contribution in [3.8, 4) is 23.0 Å². The van der Waals surface area contributed by atoms with Crippen LogP contribution in [0.4, 0.5) is 11.4 Å². The lowest BCUT2D eigenvalue weighted by Gasteiger charge is -2.34. The van der Waals surface area contributed by atoms with Crippen molar-refractivity contribution in [1.82, 2.24) is 0 Å². The smallest absolute Gasteiger partial charge is 0.472 e. The van der Waals surface area contributed by atoms with Crippen LogP contribution in [0.5, 0.6) is 23.0 Å². The lowest BCUT2D eigenvalue weighted by atomic mass is 10.1. The molecule has 1 fully saturated rings. The number of nitro groups is 2. The highest BCUT2D eigenvalue weighted by atomic mass is 31.2. The Balaban J connectivity index is 2.05. The molecule has 1 heterocycles. The van der Waals surface area contributed by atoms with Gasteiger partial charge in [0.2, 0.25) is 5.79 Å². The summed E-state index contributed by atoms with van der Waals surface area (Å²) < 4.78 is 82.4. The van der Waals surface area contributed by atoms with Crippen molar-refractivity contribution in [2.24, 2.45) is 0 Å². The van der Waals surface area contributed by atoms with E-state index in [9.17, 15) is 39.1 Å². The number of hydrogen-bond donors (Lipinski definition) is 2. The molecule has 0 aromatic heterocycles. The molecule has 21 nitrogen and oxygen atoms in total. The molecule has 2 aromatic carbocycles. The summed E-state index contributed by atoms with van der Waals surface area (Å²) in [4.78, 5) is 42.4. The van der Waals surface area contributed by atoms with Crippen molar-refractivity contribution < 1.29 is 80.0 Å². The van der Waals surface area contributed by atoms with Gasteiger partial charge >= 0.3 is 15.6 Å². The number of benzene rings is 2. The Morgan fingerprint density at radius 2 is 1.25 bits per heavy atom. The molecule has 1 saturated heterocycles. The Morgan fingerprint density at radius 1 is 0.792 bits per heavy atom. The zero-order valence-electron chi connectivity index (χ0n) is 26.4. The minimum atomic E-state index is -4.86. The zero-order chi connectivity index (χ0) is 35.9. The molecule has 2 unspecified atom stereocenters. The normalized spacial score (nSPS) is 21.6. The zero-order valence-corrected chi connectivity index (χ0v) is 28.2. The van der Waals surface area contributed by atoms with E-state index in [1.54, 1.807) is 0 Å². The molecule has 0 amide bonds. The number of nitrogens with zero attached hydrogens (tertiary/aromatic N) is 2. The van der Waals surface area contributed by atoms with Crippen LogP contribution in [0.15, 0.2) is 24.3 Å². The van der Waals surface area contributed by atoms with Crippen LogP contribution < -0.4 is 18.9 Å². The van der Waals surface area contributed by atoms with Crippen molar-refractivity contribution in [2.45, 2.75) is 37.8 Å². The van der Waals surface area contributed by atoms with Crippen LogP contribution in [0.25, 0.3) is 0 Å². The van der Waals surface area contributed by atoms with E-state index in [-0.39, 0.29) is 34.1 Å². The molecule has 2 N–H and O–H groups in total. The summed E-state index contributed by atoms with van der Waals surface area (Å²) in [6, 6.07) is 4.68. The predicted octanol–water partition coefficient (Wildman–Crippen LogP) is 3.61. The number of nitro benzene ring substituents is 2. The molecular weight excluding hydrogens is 694 g/mol. The molecule has 0 spiro atoms. The van der Waals surface area contributed by atoms with Crippen molar-refractivity contribution >= 4 is 27.0 Å². The Hall–Kier alpha value is -3.46. The summed E-state index contributed by atoms with van der Waals surface area (Å²) in [5, 5.41) is 23.7. The lowest BCUT2D eigenvalue weighted by molar-refractivity contribution is -0.386. The van der Waals surface area contributed by atoms with Gasteiger partial charge < -0.3 is 42.9 Å². The standard InChI is InChI=1S/C25H34N2O19P2/c1-36-19-7-15(17(26(28)29)9-21(19)38-3)12-42-24-11-23(46-48(34,35)41-6)25(45-24,14-44-47(32,33)40-5)43-13-16-8-20(37-2)22(39-4)10-18(16)27(30)31/h7-10,23-24H,11-14H2,1-6H3,(H,32,33)(H,34,35)/t23-,24-,25+/m0/s1. The Bertz CT molecular complexity index is 1570. The highest BCUT2D eigenvalue weighted by molar-refractivity contribution is 7.47. The second kappa shape index (κ2) is 16.3. The SMILES string of the molecule is COc1cc(CO[C@@H]2C[C@H](OP(=O)(O)OC)[C@](COP(=O)(O)OC)(OCc3cc(OC)c(OC)cc3[N+](=O)[O-])O2)c([N+](=O)[O-])cc1OC. The average Bonchev–Trinajstić information content (AvgIpc) is 3.40. The second-order valence-corrected chi connectivity index (χ2v) is 12.6. The van der Waals surface area contributed by atoms with Crippen LogP contribution >= 0.6 is 15.6 Å². The molecule has 23 heteroatoms. The van der Waals surface area contributed by atoms with E-state index in [4.69, 9.17) is 42.2 Å². The van der Waals surface area contributed by atoms with E-state index in [0.29, 0.717) is 0 Å². The summed E-state index contributed by atoms with van der Waals surface area (Å²) in [5.41, 5.74) is -1.03. The summed E-state index contributed by atoms with van der Waals surface area (Å²) >= 11 is 0. The topological polar surface area (TPSA) is 262 Å². The summed E-state index contributed by atoms with van der Waals surface area (Å²) in [6.45, 7) is -2.26. The fraction of sp³-hybridized carbons (Fsp3) is 0.520. The van der Waals surface area contributed by atoms with E-state index >= 15 is 0 Å². The third kappa shape index (κ3) is 9.36. The van der Waals surface area contributed by atoms with Crippen LogP contribution in [0.2, 0.25) is 0 Å². The number of phosphoric acid groups is 2. The molecule has 3 rings (SSSR count). The maximum Gasteiger partial charge on any atom is 0.472 e. The number of methoxy groups -OCH3 is 4. The first-order chi connectivity index (χ1) is 22.6. The highest BCUT2D eigenvalue weighted by Gasteiger charge is 2.55. The first-order valence-corrected chi connectivity index (χ1v) is 16.4. The van der Waals surface area contributed by atoms with Gasteiger partial charge in [-0.25, -0.2) is 9.13 Å². The average molecular weight is 728 g/mol. The molecule has 48 heavy (non-hydrogen) atoms. The van der Waals surface area contributed by atoms with Gasteiger partial charge in [0.15, 0.2) is 29.3 Å². The number of rotatable bonds is 19. The van der Waals surface area contributed by atoms with E-state index < -0.39 is 81.3 Å². The van der Waals surface area contributed by atoms with Gasteiger partial charge in [0.1, 0.15) is 12.7 Å². The minimum absolute atomic E-state index is 0.00157. The van der Waals surface area contributed by atoms with Crippen LogP contribution in [0, 0.1) is 20.2 Å². The molecule has 1 aliphatic rings. The predicted molar refractivity (Wildman–Crippen MR) is 159 cm³/mol. The van der Waals surface area contributed by atoms with Gasteiger partial charge in [-0.05, 0) is 12.1 Å². The first-order valence-electron chi connectivity index (χ1n) is 13.4. The lowest BCUT2D eigenvalue weighted by Crippen LogP contribution is -2.47. The number of ether oxygens (including phenoxy) is 7. The van der Waals surface area contributed by atoms with Gasteiger partial charge in [-0.2, -0.15) is 0 Å². The quantitative estimate of drug-likeness (QED) is 0.119.